The molecule has 0 spiro atoms. The van der Waals surface area contributed by atoms with E-state index >= 15 is 0 Å². The van der Waals surface area contributed by atoms with Gasteiger partial charge in [-0.1, -0.05) is 18.2 Å². The van der Waals surface area contributed by atoms with Crippen molar-refractivity contribution in [1.82, 2.24) is 10.6 Å². The lowest BCUT2D eigenvalue weighted by Gasteiger charge is -2.22. The van der Waals surface area contributed by atoms with Crippen molar-refractivity contribution in [3.05, 3.63) is 59.4 Å². The third-order valence-electron chi connectivity index (χ3n) is 4.76. The summed E-state index contributed by atoms with van der Waals surface area (Å²) in [6, 6.07) is 12.3. The highest BCUT2D eigenvalue weighted by Gasteiger charge is 2.12. The van der Waals surface area contributed by atoms with E-state index in [2.05, 4.69) is 16.7 Å². The summed E-state index contributed by atoms with van der Waals surface area (Å²) in [6.45, 7) is 4.50. The van der Waals surface area contributed by atoms with Gasteiger partial charge in [0.1, 0.15) is 12.4 Å². The summed E-state index contributed by atoms with van der Waals surface area (Å²) in [5.74, 6) is 1.93. The van der Waals surface area contributed by atoms with Crippen molar-refractivity contribution in [2.75, 3.05) is 26.7 Å². The largest absolute Gasteiger partial charge is 0.493 e. The number of ether oxygens (including phenoxy) is 2. The summed E-state index contributed by atoms with van der Waals surface area (Å²) in [5.41, 5.74) is 2.09. The maximum absolute atomic E-state index is 13.0. The van der Waals surface area contributed by atoms with Crippen molar-refractivity contribution in [2.45, 2.75) is 26.0 Å². The Kier molecular flexibility index (Phi) is 11.2. The highest BCUT2D eigenvalue weighted by Crippen LogP contribution is 2.29. The zero-order valence-corrected chi connectivity index (χ0v) is 17.7. The van der Waals surface area contributed by atoms with Crippen LogP contribution in [0.5, 0.6) is 11.5 Å². The van der Waals surface area contributed by atoms with E-state index in [1.807, 2.05) is 12.1 Å². The zero-order valence-electron chi connectivity index (χ0n) is 16.1. The molecule has 0 radical (unpaired) electrons. The van der Waals surface area contributed by atoms with E-state index in [-0.39, 0.29) is 30.6 Å². The lowest BCUT2D eigenvalue weighted by Crippen LogP contribution is -2.33. The number of halogens is 3. The molecule has 7 heteroatoms. The predicted molar refractivity (Wildman–Crippen MR) is 116 cm³/mol. The van der Waals surface area contributed by atoms with E-state index in [0.29, 0.717) is 18.1 Å². The third-order valence-corrected chi connectivity index (χ3v) is 4.76. The number of rotatable bonds is 8. The maximum atomic E-state index is 13.0. The first kappa shape index (κ1) is 24.5. The topological polar surface area (TPSA) is 42.5 Å². The predicted octanol–water partition coefficient (Wildman–Crippen LogP) is 4.35. The van der Waals surface area contributed by atoms with Gasteiger partial charge in [-0.05, 0) is 73.8 Å². The molecule has 0 atom stereocenters. The molecule has 1 aliphatic rings. The smallest absolute Gasteiger partial charge is 0.161 e. The maximum Gasteiger partial charge on any atom is 0.161 e. The van der Waals surface area contributed by atoms with Crippen LogP contribution in [0, 0.1) is 11.7 Å². The van der Waals surface area contributed by atoms with Crippen LogP contribution in [0.15, 0.2) is 42.5 Å². The number of hydrogen-bond donors (Lipinski definition) is 2. The minimum atomic E-state index is -0.243. The minimum Gasteiger partial charge on any atom is -0.493 e. The first-order valence-electron chi connectivity index (χ1n) is 9.20. The van der Waals surface area contributed by atoms with Gasteiger partial charge in [-0.25, -0.2) is 4.39 Å². The highest BCUT2D eigenvalue weighted by molar-refractivity contribution is 5.85. The third kappa shape index (κ3) is 7.47. The number of nitrogens with one attached hydrogen (secondary N) is 2. The molecule has 0 amide bonds. The SMILES string of the molecule is COc1cc(CNCC2CCNCC2)ccc1OCc1ccc(F)cc1.Cl.Cl. The van der Waals surface area contributed by atoms with Gasteiger partial charge in [0.2, 0.25) is 0 Å². The molecular formula is C21H29Cl2FN2O2. The van der Waals surface area contributed by atoms with Crippen molar-refractivity contribution < 1.29 is 13.9 Å². The van der Waals surface area contributed by atoms with Crippen molar-refractivity contribution in [3.8, 4) is 11.5 Å². The van der Waals surface area contributed by atoms with Crippen LogP contribution in [0.25, 0.3) is 0 Å². The van der Waals surface area contributed by atoms with E-state index in [9.17, 15) is 4.39 Å². The van der Waals surface area contributed by atoms with Gasteiger partial charge in [-0.3, -0.25) is 0 Å². The molecule has 0 unspecified atom stereocenters. The van der Waals surface area contributed by atoms with Crippen LogP contribution in [-0.2, 0) is 13.2 Å². The van der Waals surface area contributed by atoms with Crippen LogP contribution >= 0.6 is 24.8 Å². The molecular weight excluding hydrogens is 402 g/mol. The van der Waals surface area contributed by atoms with Gasteiger partial charge in [0.25, 0.3) is 0 Å². The molecule has 3 rings (SSSR count). The fourth-order valence-corrected chi connectivity index (χ4v) is 3.19. The number of piperidine rings is 1. The van der Waals surface area contributed by atoms with Gasteiger partial charge in [-0.2, -0.15) is 0 Å². The highest BCUT2D eigenvalue weighted by atomic mass is 35.5. The number of hydrogen-bond acceptors (Lipinski definition) is 4. The van der Waals surface area contributed by atoms with Gasteiger partial charge in [0, 0.05) is 6.54 Å². The van der Waals surface area contributed by atoms with E-state index in [1.54, 1.807) is 19.2 Å². The Morgan fingerprint density at radius 3 is 2.36 bits per heavy atom. The van der Waals surface area contributed by atoms with Gasteiger partial charge in [-0.15, -0.1) is 24.8 Å². The normalized spacial score (nSPS) is 13.9. The molecule has 0 aliphatic carbocycles. The van der Waals surface area contributed by atoms with Gasteiger partial charge in [0.15, 0.2) is 11.5 Å². The fourth-order valence-electron chi connectivity index (χ4n) is 3.19. The van der Waals surface area contributed by atoms with Crippen LogP contribution < -0.4 is 20.1 Å². The molecule has 1 fully saturated rings. The van der Waals surface area contributed by atoms with Crippen molar-refractivity contribution >= 4 is 24.8 Å². The van der Waals surface area contributed by atoms with Crippen molar-refractivity contribution in [1.29, 1.82) is 0 Å². The van der Waals surface area contributed by atoms with Crippen LogP contribution in [-0.4, -0.2) is 26.7 Å². The Bertz CT molecular complexity index is 695. The summed E-state index contributed by atoms with van der Waals surface area (Å²) < 4.78 is 24.3. The Labute approximate surface area is 179 Å². The molecule has 0 bridgehead atoms. The van der Waals surface area contributed by atoms with Gasteiger partial charge < -0.3 is 20.1 Å². The second kappa shape index (κ2) is 12.8. The standard InChI is InChI=1S/C21H27FN2O2.2ClH/c1-25-21-12-18(14-24-13-16-8-10-23-11-9-16)4-7-20(21)26-15-17-2-5-19(22)6-3-17;;/h2-7,12,16,23-24H,8-11,13-15H2,1H3;2*1H. The molecule has 2 aromatic carbocycles. The molecule has 0 aromatic heterocycles. The second-order valence-electron chi connectivity index (χ2n) is 6.72. The summed E-state index contributed by atoms with van der Waals surface area (Å²) in [7, 11) is 1.65. The monoisotopic (exact) mass is 430 g/mol. The molecule has 1 aliphatic heterocycles. The quantitative estimate of drug-likeness (QED) is 0.653. The van der Waals surface area contributed by atoms with Crippen molar-refractivity contribution in [3.63, 3.8) is 0 Å². The summed E-state index contributed by atoms with van der Waals surface area (Å²) in [6.07, 6.45) is 2.49. The summed E-state index contributed by atoms with van der Waals surface area (Å²) in [4.78, 5) is 0. The zero-order chi connectivity index (χ0) is 18.2. The molecule has 0 saturated carbocycles. The van der Waals surface area contributed by atoms with Gasteiger partial charge >= 0.3 is 0 Å². The van der Waals surface area contributed by atoms with Crippen LogP contribution in [0.2, 0.25) is 0 Å². The van der Waals surface area contributed by atoms with Crippen LogP contribution in [0.3, 0.4) is 0 Å². The minimum absolute atomic E-state index is 0. The Balaban J connectivity index is 0.00000196. The summed E-state index contributed by atoms with van der Waals surface area (Å²) >= 11 is 0. The molecule has 2 N–H and O–H groups in total. The van der Waals surface area contributed by atoms with E-state index in [4.69, 9.17) is 9.47 Å². The average Bonchev–Trinajstić information content (AvgIpc) is 2.69. The molecule has 2 aromatic rings. The molecule has 1 heterocycles. The first-order chi connectivity index (χ1) is 12.7. The van der Waals surface area contributed by atoms with Crippen LogP contribution in [0.4, 0.5) is 4.39 Å². The Morgan fingerprint density at radius 2 is 1.68 bits per heavy atom. The fraction of sp³-hybridized carbons (Fsp3) is 0.429. The lowest BCUT2D eigenvalue weighted by atomic mass is 9.98. The number of benzene rings is 2. The Morgan fingerprint density at radius 1 is 1.00 bits per heavy atom. The lowest BCUT2D eigenvalue weighted by molar-refractivity contribution is 0.284. The van der Waals surface area contributed by atoms with Gasteiger partial charge in [0.05, 0.1) is 7.11 Å². The molecule has 1 saturated heterocycles. The second-order valence-corrected chi connectivity index (χ2v) is 6.72. The first-order valence-corrected chi connectivity index (χ1v) is 9.20. The van der Waals surface area contributed by atoms with E-state index in [1.165, 1.54) is 30.5 Å². The molecule has 28 heavy (non-hydrogen) atoms. The van der Waals surface area contributed by atoms with E-state index < -0.39 is 0 Å². The molecule has 4 nitrogen and oxygen atoms in total. The Hall–Kier alpha value is -1.53. The number of methoxy groups -OCH3 is 1. The average molecular weight is 431 g/mol. The summed E-state index contributed by atoms with van der Waals surface area (Å²) in [5, 5.41) is 6.94. The van der Waals surface area contributed by atoms with Crippen molar-refractivity contribution in [2.24, 2.45) is 5.92 Å². The van der Waals surface area contributed by atoms with Crippen LogP contribution in [0.1, 0.15) is 24.0 Å². The van der Waals surface area contributed by atoms with E-state index in [0.717, 1.165) is 37.7 Å². The molecule has 156 valence electrons.